The Hall–Kier alpha value is -2.23. The summed E-state index contributed by atoms with van der Waals surface area (Å²) in [5.41, 5.74) is 1.54. The highest BCUT2D eigenvalue weighted by Gasteiger charge is 2.17. The predicted octanol–water partition coefficient (Wildman–Crippen LogP) is 3.52. The van der Waals surface area contributed by atoms with Crippen molar-refractivity contribution in [2.45, 2.75) is 0 Å². The Balaban J connectivity index is 2.67. The maximum atomic E-state index is 13.0. The Morgan fingerprint density at radius 2 is 1.32 bits per heavy atom. The summed E-state index contributed by atoms with van der Waals surface area (Å²) in [6.07, 6.45) is 0. The molecule has 4 heteroatoms. The van der Waals surface area contributed by atoms with Crippen LogP contribution in [0.25, 0.3) is 11.1 Å². The lowest BCUT2D eigenvalue weighted by molar-refractivity contribution is 0.351. The Morgan fingerprint density at radius 3 is 1.84 bits per heavy atom. The van der Waals surface area contributed by atoms with Gasteiger partial charge in [-0.3, -0.25) is 0 Å². The quantitative estimate of drug-likeness (QED) is 0.843. The van der Waals surface area contributed by atoms with Crippen molar-refractivity contribution in [3.63, 3.8) is 0 Å². The van der Waals surface area contributed by atoms with Gasteiger partial charge in [0.25, 0.3) is 0 Å². The molecule has 0 aliphatic rings. The Labute approximate surface area is 111 Å². The number of halogens is 1. The van der Waals surface area contributed by atoms with Crippen molar-refractivity contribution in [1.82, 2.24) is 0 Å². The van der Waals surface area contributed by atoms with Crippen molar-refractivity contribution in [1.29, 1.82) is 0 Å². The molecule has 0 radical (unpaired) electrons. The van der Waals surface area contributed by atoms with Gasteiger partial charge in [-0.2, -0.15) is 0 Å². The molecule has 0 atom stereocenters. The summed E-state index contributed by atoms with van der Waals surface area (Å²) in [4.78, 5) is 0. The minimum atomic E-state index is -0.287. The van der Waals surface area contributed by atoms with E-state index in [1.165, 1.54) is 12.1 Å². The van der Waals surface area contributed by atoms with Crippen LogP contribution in [0.4, 0.5) is 4.39 Å². The van der Waals surface area contributed by atoms with E-state index >= 15 is 0 Å². The molecule has 3 nitrogen and oxygen atoms in total. The van der Waals surface area contributed by atoms with Crippen LogP contribution in [-0.2, 0) is 0 Å². The molecule has 0 saturated heterocycles. The standard InChI is InChI=1S/C15H15FO3/c1-17-12-8-9-13(18-2)15(19-3)14(12)10-4-6-11(16)7-5-10/h4-9H,1-3H3. The van der Waals surface area contributed by atoms with E-state index in [0.29, 0.717) is 17.2 Å². The molecule has 2 rings (SSSR count). The number of benzene rings is 2. The van der Waals surface area contributed by atoms with Gasteiger partial charge in [-0.25, -0.2) is 4.39 Å². The average molecular weight is 262 g/mol. The molecule has 0 saturated carbocycles. The second-order valence-electron chi connectivity index (χ2n) is 3.89. The van der Waals surface area contributed by atoms with Crippen molar-refractivity contribution in [2.75, 3.05) is 21.3 Å². The van der Waals surface area contributed by atoms with Crippen molar-refractivity contribution < 1.29 is 18.6 Å². The summed E-state index contributed by atoms with van der Waals surface area (Å²) in [5, 5.41) is 0. The third-order valence-electron chi connectivity index (χ3n) is 2.86. The Bertz CT molecular complexity index is 564. The molecule has 0 aliphatic heterocycles. The largest absolute Gasteiger partial charge is 0.496 e. The maximum Gasteiger partial charge on any atom is 0.172 e. The first-order valence-electron chi connectivity index (χ1n) is 5.76. The van der Waals surface area contributed by atoms with E-state index in [2.05, 4.69) is 0 Å². The number of ether oxygens (including phenoxy) is 3. The normalized spacial score (nSPS) is 10.1. The summed E-state index contributed by atoms with van der Waals surface area (Å²) in [5.74, 6) is 1.52. The van der Waals surface area contributed by atoms with Crippen LogP contribution in [-0.4, -0.2) is 21.3 Å². The van der Waals surface area contributed by atoms with Gasteiger partial charge < -0.3 is 14.2 Å². The molecule has 0 aliphatic carbocycles. The molecule has 0 aromatic heterocycles. The van der Waals surface area contributed by atoms with E-state index in [1.807, 2.05) is 0 Å². The van der Waals surface area contributed by atoms with E-state index in [4.69, 9.17) is 14.2 Å². The molecule has 0 bridgehead atoms. The molecular weight excluding hydrogens is 247 g/mol. The lowest BCUT2D eigenvalue weighted by atomic mass is 10.0. The summed E-state index contributed by atoms with van der Waals surface area (Å²) in [7, 11) is 4.71. The lowest BCUT2D eigenvalue weighted by Gasteiger charge is -2.16. The van der Waals surface area contributed by atoms with Crippen LogP contribution in [0.2, 0.25) is 0 Å². The fraction of sp³-hybridized carbons (Fsp3) is 0.200. The van der Waals surface area contributed by atoms with Crippen molar-refractivity contribution >= 4 is 0 Å². The van der Waals surface area contributed by atoms with Crippen LogP contribution >= 0.6 is 0 Å². The van der Waals surface area contributed by atoms with Gasteiger partial charge >= 0.3 is 0 Å². The topological polar surface area (TPSA) is 27.7 Å². The molecule has 0 heterocycles. The van der Waals surface area contributed by atoms with Gasteiger partial charge in [0.05, 0.1) is 26.9 Å². The third kappa shape index (κ3) is 2.47. The van der Waals surface area contributed by atoms with Crippen LogP contribution in [0, 0.1) is 5.82 Å². The van der Waals surface area contributed by atoms with Gasteiger partial charge in [0.15, 0.2) is 11.5 Å². The lowest BCUT2D eigenvalue weighted by Crippen LogP contribution is -1.96. The van der Waals surface area contributed by atoms with Gasteiger partial charge in [-0.1, -0.05) is 12.1 Å². The minimum Gasteiger partial charge on any atom is -0.496 e. The van der Waals surface area contributed by atoms with Gasteiger partial charge in [0, 0.05) is 0 Å². The zero-order chi connectivity index (χ0) is 13.8. The molecule has 0 spiro atoms. The molecular formula is C15H15FO3. The zero-order valence-electron chi connectivity index (χ0n) is 11.1. The van der Waals surface area contributed by atoms with Crippen LogP contribution in [0.15, 0.2) is 36.4 Å². The van der Waals surface area contributed by atoms with Crippen LogP contribution in [0.1, 0.15) is 0 Å². The minimum absolute atomic E-state index is 0.287. The third-order valence-corrected chi connectivity index (χ3v) is 2.86. The second kappa shape index (κ2) is 5.61. The van der Waals surface area contributed by atoms with Crippen molar-refractivity contribution in [2.24, 2.45) is 0 Å². The van der Waals surface area contributed by atoms with E-state index < -0.39 is 0 Å². The van der Waals surface area contributed by atoms with E-state index in [0.717, 1.165) is 11.1 Å². The number of hydrogen-bond donors (Lipinski definition) is 0. The second-order valence-corrected chi connectivity index (χ2v) is 3.89. The number of methoxy groups -OCH3 is 3. The summed E-state index contributed by atoms with van der Waals surface area (Å²) in [6, 6.07) is 9.70. The molecule has 2 aromatic carbocycles. The number of hydrogen-bond acceptors (Lipinski definition) is 3. The van der Waals surface area contributed by atoms with Gasteiger partial charge in [0.1, 0.15) is 11.6 Å². The van der Waals surface area contributed by atoms with Crippen LogP contribution < -0.4 is 14.2 Å². The highest BCUT2D eigenvalue weighted by Crippen LogP contribution is 2.44. The molecule has 0 unspecified atom stereocenters. The summed E-state index contributed by atoms with van der Waals surface area (Å²) >= 11 is 0. The van der Waals surface area contributed by atoms with Crippen molar-refractivity contribution in [3.8, 4) is 28.4 Å². The highest BCUT2D eigenvalue weighted by molar-refractivity contribution is 5.79. The summed E-state index contributed by atoms with van der Waals surface area (Å²) in [6.45, 7) is 0. The van der Waals surface area contributed by atoms with Crippen LogP contribution in [0.5, 0.6) is 17.2 Å². The predicted molar refractivity (Wildman–Crippen MR) is 71.5 cm³/mol. The van der Waals surface area contributed by atoms with Crippen LogP contribution in [0.3, 0.4) is 0 Å². The van der Waals surface area contributed by atoms with Gasteiger partial charge in [-0.05, 0) is 29.8 Å². The SMILES string of the molecule is COc1ccc(OC)c(-c2ccc(F)cc2)c1OC. The first kappa shape index (κ1) is 13.2. The molecule has 0 amide bonds. The molecule has 2 aromatic rings. The van der Waals surface area contributed by atoms with E-state index in [9.17, 15) is 4.39 Å². The van der Waals surface area contributed by atoms with E-state index in [1.54, 1.807) is 45.6 Å². The maximum absolute atomic E-state index is 13.0. The fourth-order valence-corrected chi connectivity index (χ4v) is 1.97. The first-order valence-corrected chi connectivity index (χ1v) is 5.76. The Kier molecular flexibility index (Phi) is 3.90. The molecule has 0 fully saturated rings. The molecule has 19 heavy (non-hydrogen) atoms. The number of rotatable bonds is 4. The Morgan fingerprint density at radius 1 is 0.737 bits per heavy atom. The first-order chi connectivity index (χ1) is 9.21. The monoisotopic (exact) mass is 262 g/mol. The van der Waals surface area contributed by atoms with Gasteiger partial charge in [0.2, 0.25) is 0 Å². The highest BCUT2D eigenvalue weighted by atomic mass is 19.1. The van der Waals surface area contributed by atoms with Crippen molar-refractivity contribution in [3.05, 3.63) is 42.2 Å². The molecule has 100 valence electrons. The smallest absolute Gasteiger partial charge is 0.172 e. The summed E-state index contributed by atoms with van der Waals surface area (Å²) < 4.78 is 29.0. The van der Waals surface area contributed by atoms with Gasteiger partial charge in [-0.15, -0.1) is 0 Å². The zero-order valence-corrected chi connectivity index (χ0v) is 11.1. The van der Waals surface area contributed by atoms with E-state index in [-0.39, 0.29) is 5.82 Å². The average Bonchev–Trinajstić information content (AvgIpc) is 2.46. The fourth-order valence-electron chi connectivity index (χ4n) is 1.97. The molecule has 0 N–H and O–H groups in total.